The molecule has 2 rings (SSSR count). The molecule has 1 aromatic rings. The van der Waals surface area contributed by atoms with Crippen molar-refractivity contribution in [3.8, 4) is 0 Å². The minimum atomic E-state index is -0.950. The van der Waals surface area contributed by atoms with Crippen LogP contribution in [0.4, 0.5) is 0 Å². The van der Waals surface area contributed by atoms with Crippen LogP contribution in [0.5, 0.6) is 0 Å². The van der Waals surface area contributed by atoms with Gasteiger partial charge in [0, 0.05) is 12.6 Å². The lowest BCUT2D eigenvalue weighted by atomic mass is 9.94. The highest BCUT2D eigenvalue weighted by molar-refractivity contribution is 6.34. The lowest BCUT2D eigenvalue weighted by Gasteiger charge is -2.26. The van der Waals surface area contributed by atoms with Crippen LogP contribution in [0.2, 0.25) is 0 Å². The molecule has 0 saturated heterocycles. The Labute approximate surface area is 99.4 Å². The van der Waals surface area contributed by atoms with Crippen molar-refractivity contribution < 1.29 is 9.59 Å². The number of nitrogens with two attached hydrogens (primary N) is 1. The number of carbonyl (C=O) groups is 2. The zero-order valence-electron chi connectivity index (χ0n) is 9.40. The van der Waals surface area contributed by atoms with Crippen molar-refractivity contribution in [2.24, 2.45) is 5.73 Å². The van der Waals surface area contributed by atoms with Gasteiger partial charge in [0.15, 0.2) is 0 Å². The minimum absolute atomic E-state index is 0.0447. The second kappa shape index (κ2) is 4.97. The molecule has 0 spiro atoms. The summed E-state index contributed by atoms with van der Waals surface area (Å²) in [6, 6.07) is 8.13. The summed E-state index contributed by atoms with van der Waals surface area (Å²) in [7, 11) is 0. The summed E-state index contributed by atoms with van der Waals surface area (Å²) in [5.41, 5.74) is 7.33. The summed E-state index contributed by atoms with van der Waals surface area (Å²) in [5.74, 6) is -1.69. The van der Waals surface area contributed by atoms with E-state index in [-0.39, 0.29) is 6.04 Å². The Balaban J connectivity index is 2.04. The third kappa shape index (κ3) is 2.62. The monoisotopic (exact) mass is 233 g/mol. The van der Waals surface area contributed by atoms with Crippen molar-refractivity contribution in [3.05, 3.63) is 35.4 Å². The summed E-state index contributed by atoms with van der Waals surface area (Å²) < 4.78 is 0. The van der Waals surface area contributed by atoms with Crippen molar-refractivity contribution in [2.45, 2.75) is 12.5 Å². The van der Waals surface area contributed by atoms with E-state index in [1.54, 1.807) is 0 Å². The van der Waals surface area contributed by atoms with E-state index in [1.807, 2.05) is 18.2 Å². The lowest BCUT2D eigenvalue weighted by Crippen LogP contribution is -2.42. The zero-order chi connectivity index (χ0) is 12.3. The number of fused-ring (bicyclic) bond motifs is 1. The largest absolute Gasteiger partial charge is 0.361 e. The molecule has 0 aliphatic carbocycles. The van der Waals surface area contributed by atoms with E-state index in [2.05, 4.69) is 16.7 Å². The van der Waals surface area contributed by atoms with Crippen LogP contribution in [0, 0.1) is 0 Å². The fraction of sp³-hybridized carbons (Fsp3) is 0.333. The molecule has 1 unspecified atom stereocenters. The van der Waals surface area contributed by atoms with Gasteiger partial charge in [0.25, 0.3) is 0 Å². The molecule has 2 amide bonds. The Bertz CT molecular complexity index is 445. The highest BCUT2D eigenvalue weighted by Gasteiger charge is 2.20. The normalized spacial score (nSPS) is 18.2. The summed E-state index contributed by atoms with van der Waals surface area (Å²) in [4.78, 5) is 21.7. The Hall–Kier alpha value is -1.88. The van der Waals surface area contributed by atoms with Crippen LogP contribution < -0.4 is 16.4 Å². The predicted molar refractivity (Wildman–Crippen MR) is 63.1 cm³/mol. The maximum atomic E-state index is 11.1. The van der Waals surface area contributed by atoms with E-state index in [0.29, 0.717) is 6.54 Å². The van der Waals surface area contributed by atoms with E-state index < -0.39 is 11.8 Å². The topological polar surface area (TPSA) is 84.2 Å². The summed E-state index contributed by atoms with van der Waals surface area (Å²) >= 11 is 0. The molecule has 1 aliphatic rings. The third-order valence-corrected chi connectivity index (χ3v) is 2.91. The molecule has 1 aliphatic heterocycles. The van der Waals surface area contributed by atoms with Gasteiger partial charge >= 0.3 is 11.8 Å². The number of nitrogens with one attached hydrogen (secondary N) is 2. The van der Waals surface area contributed by atoms with Crippen molar-refractivity contribution in [1.82, 2.24) is 10.6 Å². The summed E-state index contributed by atoms with van der Waals surface area (Å²) in [5, 5.41) is 5.82. The average molecular weight is 233 g/mol. The molecule has 5 nitrogen and oxygen atoms in total. The SMILES string of the molecule is NC(=O)C(=O)NCC1NCCc2ccccc21. The van der Waals surface area contributed by atoms with Gasteiger partial charge in [-0.25, -0.2) is 0 Å². The molecule has 1 aromatic carbocycles. The Morgan fingerprint density at radius 1 is 1.41 bits per heavy atom. The Kier molecular flexibility index (Phi) is 3.39. The highest BCUT2D eigenvalue weighted by Crippen LogP contribution is 2.21. The van der Waals surface area contributed by atoms with Crippen LogP contribution in [0.25, 0.3) is 0 Å². The van der Waals surface area contributed by atoms with Crippen molar-refractivity contribution in [1.29, 1.82) is 0 Å². The number of benzene rings is 1. The summed E-state index contributed by atoms with van der Waals surface area (Å²) in [6.45, 7) is 1.24. The van der Waals surface area contributed by atoms with Gasteiger partial charge in [0.2, 0.25) is 0 Å². The van der Waals surface area contributed by atoms with Crippen LogP contribution >= 0.6 is 0 Å². The van der Waals surface area contributed by atoms with Crippen LogP contribution in [0.1, 0.15) is 17.2 Å². The smallest absolute Gasteiger partial charge is 0.309 e. The maximum Gasteiger partial charge on any atom is 0.309 e. The predicted octanol–water partition coefficient (Wildman–Crippen LogP) is -0.525. The second-order valence-corrected chi connectivity index (χ2v) is 4.03. The highest BCUT2D eigenvalue weighted by atomic mass is 16.2. The van der Waals surface area contributed by atoms with E-state index in [1.165, 1.54) is 11.1 Å². The molecule has 1 atom stereocenters. The Morgan fingerprint density at radius 3 is 2.94 bits per heavy atom. The van der Waals surface area contributed by atoms with Gasteiger partial charge in [-0.1, -0.05) is 24.3 Å². The molecule has 0 saturated carbocycles. The van der Waals surface area contributed by atoms with Gasteiger partial charge < -0.3 is 16.4 Å². The minimum Gasteiger partial charge on any atom is -0.361 e. The molecular weight excluding hydrogens is 218 g/mol. The van der Waals surface area contributed by atoms with Crippen LogP contribution in [-0.2, 0) is 16.0 Å². The first kappa shape index (κ1) is 11.6. The average Bonchev–Trinajstić information content (AvgIpc) is 2.35. The Morgan fingerprint density at radius 2 is 2.18 bits per heavy atom. The lowest BCUT2D eigenvalue weighted by molar-refractivity contribution is -0.137. The maximum absolute atomic E-state index is 11.1. The number of hydrogen-bond acceptors (Lipinski definition) is 3. The summed E-state index contributed by atoms with van der Waals surface area (Å²) in [6.07, 6.45) is 0.983. The van der Waals surface area contributed by atoms with Gasteiger partial charge in [0.05, 0.1) is 0 Å². The first-order chi connectivity index (χ1) is 8.18. The zero-order valence-corrected chi connectivity index (χ0v) is 9.40. The van der Waals surface area contributed by atoms with E-state index in [4.69, 9.17) is 5.73 Å². The van der Waals surface area contributed by atoms with Gasteiger partial charge in [-0.3, -0.25) is 9.59 Å². The standard InChI is InChI=1S/C12H15N3O2/c13-11(16)12(17)15-7-10-9-4-2-1-3-8(9)5-6-14-10/h1-4,10,14H,5-7H2,(H2,13,16)(H,15,17). The van der Waals surface area contributed by atoms with Gasteiger partial charge in [-0.2, -0.15) is 0 Å². The number of carbonyl (C=O) groups excluding carboxylic acids is 2. The van der Waals surface area contributed by atoms with Crippen LogP contribution in [0.15, 0.2) is 24.3 Å². The first-order valence-electron chi connectivity index (χ1n) is 5.57. The molecule has 5 heteroatoms. The van der Waals surface area contributed by atoms with Crippen molar-refractivity contribution in [2.75, 3.05) is 13.1 Å². The van der Waals surface area contributed by atoms with Gasteiger partial charge in [-0.15, -0.1) is 0 Å². The van der Waals surface area contributed by atoms with Crippen LogP contribution in [0.3, 0.4) is 0 Å². The molecular formula is C12H15N3O2. The van der Waals surface area contributed by atoms with E-state index in [0.717, 1.165) is 13.0 Å². The molecule has 90 valence electrons. The molecule has 0 radical (unpaired) electrons. The third-order valence-electron chi connectivity index (χ3n) is 2.91. The number of primary amides is 1. The van der Waals surface area contributed by atoms with Gasteiger partial charge in [0.1, 0.15) is 0 Å². The molecule has 4 N–H and O–H groups in total. The van der Waals surface area contributed by atoms with Crippen molar-refractivity contribution >= 4 is 11.8 Å². The molecule has 17 heavy (non-hydrogen) atoms. The fourth-order valence-corrected chi connectivity index (χ4v) is 2.06. The van der Waals surface area contributed by atoms with Gasteiger partial charge in [-0.05, 0) is 24.1 Å². The molecule has 0 bridgehead atoms. The van der Waals surface area contributed by atoms with E-state index >= 15 is 0 Å². The number of rotatable bonds is 2. The first-order valence-corrected chi connectivity index (χ1v) is 5.57. The fourth-order valence-electron chi connectivity index (χ4n) is 2.06. The van der Waals surface area contributed by atoms with Crippen molar-refractivity contribution in [3.63, 3.8) is 0 Å². The second-order valence-electron chi connectivity index (χ2n) is 4.03. The molecule has 0 aromatic heterocycles. The number of hydrogen-bond donors (Lipinski definition) is 3. The number of amides is 2. The van der Waals surface area contributed by atoms with Crippen LogP contribution in [-0.4, -0.2) is 24.9 Å². The molecule has 1 heterocycles. The molecule has 0 fully saturated rings. The quantitative estimate of drug-likeness (QED) is 0.601. The van der Waals surface area contributed by atoms with E-state index in [9.17, 15) is 9.59 Å².